The topological polar surface area (TPSA) is 99.1 Å². The number of allylic oxidation sites excluding steroid dienone is 20. The third-order valence-corrected chi connectivity index (χ3v) is 8.13. The first-order valence-electron chi connectivity index (χ1n) is 20.6. The number of rotatable bonds is 34. The first kappa shape index (κ1) is 51.7. The number of carboxylic acid groups (broad SMARTS) is 1. The number of hydrogen-bond acceptors (Lipinski definition) is 6. The van der Waals surface area contributed by atoms with Crippen LogP contribution in [-0.4, -0.2) is 80.6 Å². The predicted octanol–water partition coefficient (Wildman–Crippen LogP) is 11.1. The van der Waals surface area contributed by atoms with Crippen LogP contribution >= 0.6 is 0 Å². The van der Waals surface area contributed by atoms with Gasteiger partial charge < -0.3 is 23.8 Å². The van der Waals surface area contributed by atoms with Gasteiger partial charge in [0.25, 0.3) is 0 Å². The van der Waals surface area contributed by atoms with Gasteiger partial charge in [-0.3, -0.25) is 9.59 Å². The first-order valence-corrected chi connectivity index (χ1v) is 20.6. The van der Waals surface area contributed by atoms with Crippen molar-refractivity contribution in [3.05, 3.63) is 122 Å². The number of quaternary nitrogens is 1. The number of esters is 2. The summed E-state index contributed by atoms with van der Waals surface area (Å²) in [5.74, 6) is -1.70. The Labute approximate surface area is 340 Å². The first-order chi connectivity index (χ1) is 27.1. The average molecular weight is 777 g/mol. The van der Waals surface area contributed by atoms with E-state index in [0.717, 1.165) is 64.2 Å². The molecule has 8 heteroatoms. The molecule has 312 valence electrons. The van der Waals surface area contributed by atoms with E-state index in [0.29, 0.717) is 12.8 Å². The zero-order valence-electron chi connectivity index (χ0n) is 35.3. The minimum atomic E-state index is -0.902. The lowest BCUT2D eigenvalue weighted by molar-refractivity contribution is -0.887. The summed E-state index contributed by atoms with van der Waals surface area (Å²) in [7, 11) is 5.46. The van der Waals surface area contributed by atoms with Crippen LogP contribution in [0.2, 0.25) is 0 Å². The number of ether oxygens (including phenoxy) is 3. The number of nitrogens with zero attached hydrogens (tertiary/aromatic N) is 1. The van der Waals surface area contributed by atoms with Crippen molar-refractivity contribution in [2.75, 3.05) is 41.0 Å². The Bertz CT molecular complexity index is 1320. The van der Waals surface area contributed by atoms with E-state index in [2.05, 4.69) is 111 Å². The third-order valence-electron chi connectivity index (χ3n) is 8.13. The summed E-state index contributed by atoms with van der Waals surface area (Å²) in [5.41, 5.74) is 0. The van der Waals surface area contributed by atoms with Gasteiger partial charge in [0.05, 0.1) is 34.4 Å². The maximum absolute atomic E-state index is 12.7. The molecule has 0 aromatic carbocycles. The second kappa shape index (κ2) is 37.6. The van der Waals surface area contributed by atoms with Crippen molar-refractivity contribution in [3.63, 3.8) is 0 Å². The zero-order chi connectivity index (χ0) is 41.4. The molecule has 0 saturated carbocycles. The summed E-state index contributed by atoms with van der Waals surface area (Å²) < 4.78 is 17.1. The normalized spacial score (nSPS) is 14.2. The van der Waals surface area contributed by atoms with Gasteiger partial charge in [-0.25, -0.2) is 4.79 Å². The Morgan fingerprint density at radius 1 is 0.518 bits per heavy atom. The lowest BCUT2D eigenvalue weighted by Crippen LogP contribution is -2.50. The van der Waals surface area contributed by atoms with Gasteiger partial charge >= 0.3 is 17.9 Å². The molecule has 0 aliphatic heterocycles. The molecule has 0 rings (SSSR count). The molecule has 0 amide bonds. The van der Waals surface area contributed by atoms with Crippen molar-refractivity contribution in [1.82, 2.24) is 0 Å². The molecule has 0 aromatic heterocycles. The van der Waals surface area contributed by atoms with E-state index in [1.165, 1.54) is 0 Å². The fraction of sp³-hybridized carbons (Fsp3) is 0.521. The Balaban J connectivity index is 4.65. The predicted molar refractivity (Wildman–Crippen MR) is 233 cm³/mol. The van der Waals surface area contributed by atoms with Crippen LogP contribution in [0.3, 0.4) is 0 Å². The Morgan fingerprint density at radius 3 is 1.23 bits per heavy atom. The minimum Gasteiger partial charge on any atom is -0.477 e. The summed E-state index contributed by atoms with van der Waals surface area (Å²) in [6.45, 7) is 4.30. The summed E-state index contributed by atoms with van der Waals surface area (Å²) in [5, 5.41) is 9.60. The van der Waals surface area contributed by atoms with Gasteiger partial charge in [-0.1, -0.05) is 135 Å². The van der Waals surface area contributed by atoms with Crippen LogP contribution in [0.1, 0.15) is 110 Å². The largest absolute Gasteiger partial charge is 0.477 e. The second-order valence-electron chi connectivity index (χ2n) is 14.1. The second-order valence-corrected chi connectivity index (χ2v) is 14.1. The van der Waals surface area contributed by atoms with Crippen LogP contribution < -0.4 is 0 Å². The van der Waals surface area contributed by atoms with Crippen LogP contribution in [0.4, 0.5) is 0 Å². The molecular weight excluding hydrogens is 703 g/mol. The van der Waals surface area contributed by atoms with Crippen molar-refractivity contribution in [1.29, 1.82) is 0 Å². The van der Waals surface area contributed by atoms with Crippen LogP contribution in [0.15, 0.2) is 122 Å². The molecule has 0 aliphatic rings. The Kier molecular flexibility index (Phi) is 34.8. The van der Waals surface area contributed by atoms with E-state index in [1.54, 1.807) is 0 Å². The molecule has 0 radical (unpaired) electrons. The van der Waals surface area contributed by atoms with Gasteiger partial charge in [0.1, 0.15) is 6.61 Å². The van der Waals surface area contributed by atoms with Gasteiger partial charge in [0, 0.05) is 19.3 Å². The van der Waals surface area contributed by atoms with E-state index in [9.17, 15) is 19.5 Å². The lowest BCUT2D eigenvalue weighted by Gasteiger charge is -2.31. The maximum Gasteiger partial charge on any atom is 0.362 e. The summed E-state index contributed by atoms with van der Waals surface area (Å²) in [4.78, 5) is 36.8. The average Bonchev–Trinajstić information content (AvgIpc) is 3.15. The molecule has 0 spiro atoms. The number of aliphatic carboxylic acids is 1. The highest BCUT2D eigenvalue weighted by atomic mass is 16.6. The number of likely N-dealkylation sites (N-methyl/N-ethyl adjacent to an activating group) is 1. The smallest absolute Gasteiger partial charge is 0.362 e. The highest BCUT2D eigenvalue weighted by molar-refractivity contribution is 5.72. The highest BCUT2D eigenvalue weighted by Crippen LogP contribution is 2.10. The van der Waals surface area contributed by atoms with E-state index >= 15 is 0 Å². The van der Waals surface area contributed by atoms with E-state index in [1.807, 2.05) is 45.4 Å². The van der Waals surface area contributed by atoms with Gasteiger partial charge in [-0.05, 0) is 77.0 Å². The third kappa shape index (κ3) is 35.4. The standard InChI is InChI=1S/C48H73NO7/c1-6-8-10-12-14-16-18-20-22-24-26-28-30-32-34-36-38-46(50)55-43-44(42-54-41-40-45(48(52)53)49(3,4)5)56-47(51)39-37-35-33-31-29-27-25-23-21-19-17-15-13-11-9-7-2/h8-11,14-17,20-23,26-29,32-35,44-45H,6-7,12-13,18-19,24-25,30-31,36-43H2,1-5H3/p+1/b10-8+,11-9+,16-14+,17-15+,22-20+,23-21+,28-26+,29-27+,34-32+,35-33+. The molecule has 2 atom stereocenters. The van der Waals surface area contributed by atoms with Gasteiger partial charge in [0.2, 0.25) is 0 Å². The monoisotopic (exact) mass is 777 g/mol. The highest BCUT2D eigenvalue weighted by Gasteiger charge is 2.31. The molecule has 56 heavy (non-hydrogen) atoms. The summed E-state index contributed by atoms with van der Waals surface area (Å²) >= 11 is 0. The van der Waals surface area contributed by atoms with Crippen molar-refractivity contribution in [2.24, 2.45) is 0 Å². The maximum atomic E-state index is 12.7. The number of carboxylic acids is 1. The van der Waals surface area contributed by atoms with Crippen molar-refractivity contribution in [2.45, 2.75) is 122 Å². The van der Waals surface area contributed by atoms with Crippen molar-refractivity contribution in [3.8, 4) is 0 Å². The van der Waals surface area contributed by atoms with E-state index in [-0.39, 0.29) is 49.5 Å². The van der Waals surface area contributed by atoms with Crippen LogP contribution in [0, 0.1) is 0 Å². The molecule has 0 aromatic rings. The SMILES string of the molecule is CC/C=C/C/C=C/C/C=C/C/C=C/C/C=C/CCC(=O)OCC(COCCC(C(=O)O)[N+](C)(C)C)OC(=O)CC/C=C/C/C=C/C/C=C/C/C=C/C/C=C/CC. The quantitative estimate of drug-likeness (QED) is 0.0301. The zero-order valence-corrected chi connectivity index (χ0v) is 35.3. The fourth-order valence-corrected chi connectivity index (χ4v) is 5.01. The van der Waals surface area contributed by atoms with Crippen molar-refractivity contribution < 1.29 is 38.2 Å². The summed E-state index contributed by atoms with van der Waals surface area (Å²) in [6, 6.07) is -0.645. The number of carbonyl (C=O) groups excluding carboxylic acids is 2. The van der Waals surface area contributed by atoms with Gasteiger partial charge in [0.15, 0.2) is 12.1 Å². The Hall–Kier alpha value is -4.27. The van der Waals surface area contributed by atoms with Crippen molar-refractivity contribution >= 4 is 17.9 Å². The molecule has 0 bridgehead atoms. The molecule has 0 heterocycles. The Morgan fingerprint density at radius 2 is 0.875 bits per heavy atom. The molecule has 0 aliphatic carbocycles. The van der Waals surface area contributed by atoms with Gasteiger partial charge in [-0.2, -0.15) is 0 Å². The number of hydrogen-bond donors (Lipinski definition) is 1. The van der Waals surface area contributed by atoms with Crippen LogP contribution in [0.25, 0.3) is 0 Å². The molecule has 0 saturated heterocycles. The van der Waals surface area contributed by atoms with Crippen LogP contribution in [-0.2, 0) is 28.6 Å². The summed E-state index contributed by atoms with van der Waals surface area (Å²) in [6.07, 6.45) is 52.8. The molecular formula is C48H74NO7+. The lowest BCUT2D eigenvalue weighted by atomic mass is 10.1. The minimum absolute atomic E-state index is 0.00105. The number of carbonyl (C=O) groups is 3. The fourth-order valence-electron chi connectivity index (χ4n) is 5.01. The molecule has 8 nitrogen and oxygen atoms in total. The van der Waals surface area contributed by atoms with E-state index < -0.39 is 24.1 Å². The van der Waals surface area contributed by atoms with Crippen LogP contribution in [0.5, 0.6) is 0 Å². The molecule has 2 unspecified atom stereocenters. The van der Waals surface area contributed by atoms with Gasteiger partial charge in [-0.15, -0.1) is 0 Å². The molecule has 0 fully saturated rings. The van der Waals surface area contributed by atoms with E-state index in [4.69, 9.17) is 14.2 Å². The molecule has 1 N–H and O–H groups in total.